The molecule has 0 aliphatic carbocycles. The van der Waals surface area contributed by atoms with Gasteiger partial charge in [-0.3, -0.25) is 4.79 Å². The van der Waals surface area contributed by atoms with Crippen molar-refractivity contribution in [3.8, 4) is 11.3 Å². The van der Waals surface area contributed by atoms with Gasteiger partial charge in [0.25, 0.3) is 5.56 Å². The highest BCUT2D eigenvalue weighted by atomic mass is 35.5. The zero-order valence-electron chi connectivity index (χ0n) is 8.75. The number of halogens is 4. The number of benzene rings is 1. The van der Waals surface area contributed by atoms with Crippen molar-refractivity contribution in [2.45, 2.75) is 6.18 Å². The van der Waals surface area contributed by atoms with Crippen LogP contribution in [0.3, 0.4) is 0 Å². The number of aromatic nitrogens is 2. The molecule has 0 saturated carbocycles. The van der Waals surface area contributed by atoms with Gasteiger partial charge in [-0.2, -0.15) is 13.2 Å². The fourth-order valence-electron chi connectivity index (χ4n) is 1.46. The third-order valence-electron chi connectivity index (χ3n) is 2.26. The number of hydrogen-bond acceptors (Lipinski definition) is 2. The van der Waals surface area contributed by atoms with E-state index in [1.807, 2.05) is 0 Å². The monoisotopic (exact) mass is 274 g/mol. The van der Waals surface area contributed by atoms with E-state index in [1.54, 1.807) is 0 Å². The Morgan fingerprint density at radius 3 is 2.61 bits per heavy atom. The van der Waals surface area contributed by atoms with E-state index >= 15 is 0 Å². The Labute approximate surface area is 104 Å². The van der Waals surface area contributed by atoms with Crippen molar-refractivity contribution in [1.82, 2.24) is 9.97 Å². The van der Waals surface area contributed by atoms with Crippen LogP contribution < -0.4 is 5.56 Å². The van der Waals surface area contributed by atoms with Crippen molar-refractivity contribution in [2.75, 3.05) is 0 Å². The summed E-state index contributed by atoms with van der Waals surface area (Å²) in [6, 6.07) is 4.55. The average molecular weight is 275 g/mol. The average Bonchev–Trinajstić information content (AvgIpc) is 2.27. The quantitative estimate of drug-likeness (QED) is 0.868. The molecule has 1 aromatic carbocycles. The largest absolute Gasteiger partial charge is 0.417 e. The van der Waals surface area contributed by atoms with Crippen LogP contribution in [-0.2, 0) is 6.18 Å². The van der Waals surface area contributed by atoms with Crippen LogP contribution in [0, 0.1) is 0 Å². The molecular weight excluding hydrogens is 269 g/mol. The first kappa shape index (κ1) is 12.6. The normalized spacial score (nSPS) is 11.6. The summed E-state index contributed by atoms with van der Waals surface area (Å²) in [5.41, 5.74) is -1.26. The molecule has 2 rings (SSSR count). The molecule has 3 nitrogen and oxygen atoms in total. The van der Waals surface area contributed by atoms with E-state index in [0.29, 0.717) is 0 Å². The van der Waals surface area contributed by atoms with E-state index in [2.05, 4.69) is 9.97 Å². The van der Waals surface area contributed by atoms with Crippen molar-refractivity contribution in [3.63, 3.8) is 0 Å². The lowest BCUT2D eigenvalue weighted by Crippen LogP contribution is -2.08. The smallest absolute Gasteiger partial charge is 0.313 e. The van der Waals surface area contributed by atoms with Gasteiger partial charge in [0.15, 0.2) is 0 Å². The lowest BCUT2D eigenvalue weighted by Gasteiger charge is -2.11. The Kier molecular flexibility index (Phi) is 3.13. The van der Waals surface area contributed by atoms with Crippen LogP contribution in [0.5, 0.6) is 0 Å². The molecule has 94 valence electrons. The lowest BCUT2D eigenvalue weighted by atomic mass is 10.1. The van der Waals surface area contributed by atoms with Crippen molar-refractivity contribution < 1.29 is 13.2 Å². The fraction of sp³-hybridized carbons (Fsp3) is 0.0909. The summed E-state index contributed by atoms with van der Waals surface area (Å²) in [5, 5.41) is -0.469. The van der Waals surface area contributed by atoms with Crippen LogP contribution in [0.4, 0.5) is 13.2 Å². The van der Waals surface area contributed by atoms with Crippen LogP contribution in [-0.4, -0.2) is 9.97 Å². The molecule has 1 heterocycles. The first-order chi connectivity index (χ1) is 8.39. The number of aromatic amines is 1. The molecule has 7 heteroatoms. The fourth-order valence-corrected chi connectivity index (χ4v) is 1.79. The third kappa shape index (κ3) is 2.38. The molecule has 0 atom stereocenters. The molecule has 0 aliphatic rings. The molecule has 0 fully saturated rings. The van der Waals surface area contributed by atoms with E-state index in [9.17, 15) is 18.0 Å². The highest BCUT2D eigenvalue weighted by Crippen LogP contribution is 2.38. The molecular formula is C11H6ClF3N2O. The predicted molar refractivity (Wildman–Crippen MR) is 60.3 cm³/mol. The van der Waals surface area contributed by atoms with Gasteiger partial charge in [-0.25, -0.2) is 4.98 Å². The van der Waals surface area contributed by atoms with Crippen LogP contribution >= 0.6 is 11.6 Å². The molecule has 0 saturated heterocycles. The van der Waals surface area contributed by atoms with Crippen molar-refractivity contribution >= 4 is 11.6 Å². The van der Waals surface area contributed by atoms with Gasteiger partial charge in [-0.15, -0.1) is 0 Å². The Morgan fingerprint density at radius 2 is 2.00 bits per heavy atom. The third-order valence-corrected chi connectivity index (χ3v) is 2.67. The Balaban J connectivity index is 2.64. The summed E-state index contributed by atoms with van der Waals surface area (Å²) in [7, 11) is 0. The minimum absolute atomic E-state index is 0.0672. The van der Waals surface area contributed by atoms with Gasteiger partial charge in [0.05, 0.1) is 22.6 Å². The second kappa shape index (κ2) is 4.45. The summed E-state index contributed by atoms with van der Waals surface area (Å²) >= 11 is 5.71. The van der Waals surface area contributed by atoms with E-state index in [-0.39, 0.29) is 11.3 Å². The lowest BCUT2D eigenvalue weighted by molar-refractivity contribution is -0.137. The van der Waals surface area contributed by atoms with Crippen LogP contribution in [0.25, 0.3) is 11.3 Å². The van der Waals surface area contributed by atoms with Gasteiger partial charge < -0.3 is 4.98 Å². The number of hydrogen-bond donors (Lipinski definition) is 1. The second-order valence-electron chi connectivity index (χ2n) is 3.46. The molecule has 0 aliphatic heterocycles. The van der Waals surface area contributed by atoms with Crippen LogP contribution in [0.15, 0.2) is 35.4 Å². The molecule has 0 bridgehead atoms. The minimum atomic E-state index is -4.55. The molecule has 2 aromatic rings. The zero-order chi connectivity index (χ0) is 13.3. The topological polar surface area (TPSA) is 45.8 Å². The maximum Gasteiger partial charge on any atom is 0.417 e. The number of nitrogens with zero attached hydrogens (tertiary/aromatic N) is 1. The zero-order valence-corrected chi connectivity index (χ0v) is 9.51. The Bertz CT molecular complexity index is 637. The maximum atomic E-state index is 12.7. The molecule has 0 amide bonds. The summed E-state index contributed by atoms with van der Waals surface area (Å²) in [4.78, 5) is 17.2. The van der Waals surface area contributed by atoms with Crippen molar-refractivity contribution in [3.05, 3.63) is 51.5 Å². The van der Waals surface area contributed by atoms with Crippen molar-refractivity contribution in [1.29, 1.82) is 0 Å². The first-order valence-corrected chi connectivity index (χ1v) is 5.18. The molecule has 0 unspecified atom stereocenters. The van der Waals surface area contributed by atoms with E-state index in [0.717, 1.165) is 18.5 Å². The first-order valence-electron chi connectivity index (χ1n) is 4.80. The molecule has 1 N–H and O–H groups in total. The van der Waals surface area contributed by atoms with Gasteiger partial charge in [0, 0.05) is 11.6 Å². The number of nitrogens with one attached hydrogen (secondary N) is 1. The summed E-state index contributed by atoms with van der Waals surface area (Å²) in [6.07, 6.45) is -3.44. The summed E-state index contributed by atoms with van der Waals surface area (Å²) in [5.74, 6) is 0. The maximum absolute atomic E-state index is 12.7. The highest BCUT2D eigenvalue weighted by molar-refractivity contribution is 6.34. The molecule has 18 heavy (non-hydrogen) atoms. The number of rotatable bonds is 1. The SMILES string of the molecule is O=c1cc(-c2cccc(C(F)(F)F)c2Cl)nc[nH]1. The summed E-state index contributed by atoms with van der Waals surface area (Å²) in [6.45, 7) is 0. The van der Waals surface area contributed by atoms with E-state index in [4.69, 9.17) is 11.6 Å². The van der Waals surface area contributed by atoms with E-state index < -0.39 is 22.3 Å². The van der Waals surface area contributed by atoms with Crippen molar-refractivity contribution in [2.24, 2.45) is 0 Å². The second-order valence-corrected chi connectivity index (χ2v) is 3.84. The predicted octanol–water partition coefficient (Wildman–Crippen LogP) is 3.11. The molecule has 0 spiro atoms. The minimum Gasteiger partial charge on any atom is -0.313 e. The summed E-state index contributed by atoms with van der Waals surface area (Å²) < 4.78 is 38.0. The van der Waals surface area contributed by atoms with Gasteiger partial charge in [0.1, 0.15) is 0 Å². The number of H-pyrrole nitrogens is 1. The molecule has 0 radical (unpaired) electrons. The van der Waals surface area contributed by atoms with Crippen LogP contribution in [0.2, 0.25) is 5.02 Å². The van der Waals surface area contributed by atoms with E-state index in [1.165, 1.54) is 12.1 Å². The highest BCUT2D eigenvalue weighted by Gasteiger charge is 2.34. The molecule has 1 aromatic heterocycles. The van der Waals surface area contributed by atoms with Gasteiger partial charge in [-0.05, 0) is 6.07 Å². The Hall–Kier alpha value is -1.82. The Morgan fingerprint density at radius 1 is 1.28 bits per heavy atom. The van der Waals surface area contributed by atoms with Gasteiger partial charge in [-0.1, -0.05) is 23.7 Å². The van der Waals surface area contributed by atoms with Crippen LogP contribution in [0.1, 0.15) is 5.56 Å². The van der Waals surface area contributed by atoms with Gasteiger partial charge in [0.2, 0.25) is 0 Å². The number of alkyl halides is 3. The standard InChI is InChI=1S/C11H6ClF3N2O/c12-10-6(8-4-9(18)17-5-16-8)2-1-3-7(10)11(13,14)15/h1-5H,(H,16,17,18). The van der Waals surface area contributed by atoms with Gasteiger partial charge >= 0.3 is 6.18 Å².